The van der Waals surface area contributed by atoms with E-state index in [1.165, 1.54) is 17.0 Å². The molecule has 7 heteroatoms. The van der Waals surface area contributed by atoms with Crippen molar-refractivity contribution in [2.24, 2.45) is 0 Å². The number of carboxylic acid groups (broad SMARTS) is 1. The number of aryl methyl sites for hydroxylation is 1. The fourth-order valence-corrected chi connectivity index (χ4v) is 1.78. The van der Waals surface area contributed by atoms with E-state index in [9.17, 15) is 9.59 Å². The largest absolute Gasteiger partial charge is 0.478 e. The van der Waals surface area contributed by atoms with Crippen LogP contribution in [0.3, 0.4) is 0 Å². The maximum atomic E-state index is 12.2. The molecule has 2 rings (SSSR count). The van der Waals surface area contributed by atoms with Gasteiger partial charge in [-0.25, -0.2) is 14.8 Å². The van der Waals surface area contributed by atoms with E-state index in [2.05, 4.69) is 15.0 Å². The van der Waals surface area contributed by atoms with Crippen LogP contribution in [0.25, 0.3) is 0 Å². The molecule has 0 fully saturated rings. The van der Waals surface area contributed by atoms with E-state index < -0.39 is 5.97 Å². The molecular weight excluding hydrogens is 260 g/mol. The van der Waals surface area contributed by atoms with E-state index >= 15 is 0 Å². The van der Waals surface area contributed by atoms with Gasteiger partial charge in [0.05, 0.1) is 17.8 Å². The second kappa shape index (κ2) is 5.52. The molecule has 0 aliphatic heterocycles. The van der Waals surface area contributed by atoms with Gasteiger partial charge in [0.25, 0.3) is 5.91 Å². The molecule has 2 aromatic heterocycles. The van der Waals surface area contributed by atoms with Crippen molar-refractivity contribution >= 4 is 11.9 Å². The first kappa shape index (κ1) is 13.7. The number of carboxylic acids is 1. The van der Waals surface area contributed by atoms with Crippen molar-refractivity contribution in [3.8, 4) is 0 Å². The lowest BCUT2D eigenvalue weighted by Crippen LogP contribution is -2.27. The minimum atomic E-state index is -1.06. The number of aromatic amines is 1. The van der Waals surface area contributed by atoms with Gasteiger partial charge in [-0.15, -0.1) is 0 Å². The molecule has 2 heterocycles. The standard InChI is InChI=1S/C13H14N4O3/c1-8-9(13(19)20)3-4-10(16-8)12(18)17(2)7-11-14-5-6-15-11/h3-6H,7H2,1-2H3,(H,14,15)(H,19,20). The van der Waals surface area contributed by atoms with Crippen molar-refractivity contribution in [1.29, 1.82) is 0 Å². The summed E-state index contributed by atoms with van der Waals surface area (Å²) in [6.07, 6.45) is 3.29. The summed E-state index contributed by atoms with van der Waals surface area (Å²) in [6, 6.07) is 2.80. The van der Waals surface area contributed by atoms with E-state index in [1.54, 1.807) is 26.4 Å². The molecule has 0 saturated heterocycles. The van der Waals surface area contributed by atoms with E-state index in [4.69, 9.17) is 5.11 Å². The highest BCUT2D eigenvalue weighted by atomic mass is 16.4. The highest BCUT2D eigenvalue weighted by Crippen LogP contribution is 2.09. The maximum Gasteiger partial charge on any atom is 0.337 e. The number of aromatic nitrogens is 3. The second-order valence-electron chi connectivity index (χ2n) is 4.33. The number of H-pyrrole nitrogens is 1. The Hall–Kier alpha value is -2.70. The Balaban J connectivity index is 2.16. The number of pyridine rings is 1. The molecule has 0 aromatic carbocycles. The van der Waals surface area contributed by atoms with Crippen LogP contribution in [0, 0.1) is 6.92 Å². The third-order valence-electron chi connectivity index (χ3n) is 2.82. The van der Waals surface area contributed by atoms with E-state index in [0.717, 1.165) is 0 Å². The van der Waals surface area contributed by atoms with Crippen LogP contribution in [0.5, 0.6) is 0 Å². The Morgan fingerprint density at radius 1 is 1.40 bits per heavy atom. The zero-order chi connectivity index (χ0) is 14.7. The Morgan fingerprint density at radius 3 is 2.70 bits per heavy atom. The number of nitrogens with one attached hydrogen (secondary N) is 1. The summed E-state index contributed by atoms with van der Waals surface area (Å²) in [5.41, 5.74) is 0.617. The lowest BCUT2D eigenvalue weighted by molar-refractivity contribution is 0.0693. The predicted molar refractivity (Wildman–Crippen MR) is 70.3 cm³/mol. The molecule has 0 saturated carbocycles. The van der Waals surface area contributed by atoms with Crippen LogP contribution in [0.1, 0.15) is 32.4 Å². The van der Waals surface area contributed by atoms with Gasteiger partial charge in [0.1, 0.15) is 11.5 Å². The third-order valence-corrected chi connectivity index (χ3v) is 2.82. The zero-order valence-corrected chi connectivity index (χ0v) is 11.1. The lowest BCUT2D eigenvalue weighted by Gasteiger charge is -2.15. The van der Waals surface area contributed by atoms with Gasteiger partial charge in [0, 0.05) is 19.4 Å². The molecule has 0 spiro atoms. The van der Waals surface area contributed by atoms with Crippen molar-refractivity contribution in [2.45, 2.75) is 13.5 Å². The molecule has 7 nitrogen and oxygen atoms in total. The number of carbonyl (C=O) groups excluding carboxylic acids is 1. The molecule has 0 bridgehead atoms. The Bertz CT molecular complexity index is 637. The van der Waals surface area contributed by atoms with E-state index in [1.807, 2.05) is 0 Å². The van der Waals surface area contributed by atoms with Crippen LogP contribution in [0.2, 0.25) is 0 Å². The molecule has 0 aliphatic rings. The lowest BCUT2D eigenvalue weighted by atomic mass is 10.2. The number of nitrogens with zero attached hydrogens (tertiary/aromatic N) is 3. The molecule has 20 heavy (non-hydrogen) atoms. The molecule has 2 aromatic rings. The fraction of sp³-hybridized carbons (Fsp3) is 0.231. The Labute approximate surface area is 115 Å². The number of imidazole rings is 1. The SMILES string of the molecule is Cc1nc(C(=O)N(C)Cc2ncc[nH]2)ccc1C(=O)O. The molecule has 0 atom stereocenters. The van der Waals surface area contributed by atoms with Crippen LogP contribution in [0.4, 0.5) is 0 Å². The molecule has 0 aliphatic carbocycles. The molecule has 0 radical (unpaired) electrons. The van der Waals surface area contributed by atoms with Crippen LogP contribution >= 0.6 is 0 Å². The summed E-state index contributed by atoms with van der Waals surface area (Å²) in [4.78, 5) is 35.5. The highest BCUT2D eigenvalue weighted by Gasteiger charge is 2.17. The summed E-state index contributed by atoms with van der Waals surface area (Å²) in [6.45, 7) is 1.89. The highest BCUT2D eigenvalue weighted by molar-refractivity contribution is 5.94. The van der Waals surface area contributed by atoms with Gasteiger partial charge in [0.15, 0.2) is 0 Å². The van der Waals surface area contributed by atoms with Gasteiger partial charge in [0.2, 0.25) is 0 Å². The van der Waals surface area contributed by atoms with Gasteiger partial charge in [-0.1, -0.05) is 0 Å². The molecule has 2 N–H and O–H groups in total. The van der Waals surface area contributed by atoms with Crippen molar-refractivity contribution in [3.63, 3.8) is 0 Å². The smallest absolute Gasteiger partial charge is 0.337 e. The van der Waals surface area contributed by atoms with Crippen molar-refractivity contribution in [2.75, 3.05) is 7.05 Å². The van der Waals surface area contributed by atoms with Crippen LogP contribution in [0.15, 0.2) is 24.5 Å². The minimum Gasteiger partial charge on any atom is -0.478 e. The number of hydrogen-bond acceptors (Lipinski definition) is 4. The van der Waals surface area contributed by atoms with Gasteiger partial charge >= 0.3 is 5.97 Å². The zero-order valence-electron chi connectivity index (χ0n) is 11.1. The second-order valence-corrected chi connectivity index (χ2v) is 4.33. The molecule has 1 amide bonds. The predicted octanol–water partition coefficient (Wildman–Crippen LogP) is 1.08. The number of amides is 1. The first-order chi connectivity index (χ1) is 9.49. The topological polar surface area (TPSA) is 99.2 Å². The summed E-state index contributed by atoms with van der Waals surface area (Å²) in [7, 11) is 1.63. The monoisotopic (exact) mass is 274 g/mol. The van der Waals surface area contributed by atoms with Gasteiger partial charge in [-0.3, -0.25) is 4.79 Å². The quantitative estimate of drug-likeness (QED) is 0.869. The van der Waals surface area contributed by atoms with Crippen molar-refractivity contribution in [3.05, 3.63) is 47.3 Å². The van der Waals surface area contributed by atoms with E-state index in [-0.39, 0.29) is 17.2 Å². The van der Waals surface area contributed by atoms with Crippen LogP contribution in [-0.4, -0.2) is 43.9 Å². The minimum absolute atomic E-state index is 0.0928. The summed E-state index contributed by atoms with van der Waals surface area (Å²) >= 11 is 0. The van der Waals surface area contributed by atoms with Gasteiger partial charge < -0.3 is 15.0 Å². The van der Waals surface area contributed by atoms with Crippen LogP contribution < -0.4 is 0 Å². The van der Waals surface area contributed by atoms with Gasteiger partial charge in [-0.05, 0) is 19.1 Å². The maximum absolute atomic E-state index is 12.2. The molecule has 0 unspecified atom stereocenters. The molecular formula is C13H14N4O3. The average molecular weight is 274 g/mol. The number of rotatable bonds is 4. The summed E-state index contributed by atoms with van der Waals surface area (Å²) in [5.74, 6) is -0.681. The Kier molecular flexibility index (Phi) is 3.79. The van der Waals surface area contributed by atoms with Gasteiger partial charge in [-0.2, -0.15) is 0 Å². The number of carbonyl (C=O) groups is 2. The normalized spacial score (nSPS) is 10.3. The summed E-state index contributed by atoms with van der Waals surface area (Å²) in [5, 5.41) is 8.93. The third kappa shape index (κ3) is 2.82. The van der Waals surface area contributed by atoms with Crippen LogP contribution in [-0.2, 0) is 6.54 Å². The first-order valence-electron chi connectivity index (χ1n) is 5.93. The van der Waals surface area contributed by atoms with E-state index in [0.29, 0.717) is 18.1 Å². The number of hydrogen-bond donors (Lipinski definition) is 2. The average Bonchev–Trinajstić information content (AvgIpc) is 2.90. The van der Waals surface area contributed by atoms with Crippen molar-refractivity contribution < 1.29 is 14.7 Å². The molecule has 104 valence electrons. The first-order valence-corrected chi connectivity index (χ1v) is 5.93. The number of aromatic carboxylic acids is 1. The Morgan fingerprint density at radius 2 is 2.15 bits per heavy atom. The summed E-state index contributed by atoms with van der Waals surface area (Å²) < 4.78 is 0. The fourth-order valence-electron chi connectivity index (χ4n) is 1.78. The van der Waals surface area contributed by atoms with Crippen molar-refractivity contribution in [1.82, 2.24) is 19.9 Å².